The van der Waals surface area contributed by atoms with Gasteiger partial charge < -0.3 is 14.3 Å². The van der Waals surface area contributed by atoms with Gasteiger partial charge in [0.2, 0.25) is 0 Å². The number of rotatable bonds is 2. The summed E-state index contributed by atoms with van der Waals surface area (Å²) in [6.45, 7) is 11.9. The third-order valence-corrected chi connectivity index (χ3v) is 9.29. The molecule has 0 aromatic carbocycles. The molecule has 0 spiro atoms. The molecule has 0 unspecified atom stereocenters. The van der Waals surface area contributed by atoms with Crippen molar-refractivity contribution in [3.8, 4) is 0 Å². The number of aliphatic hydroxyl groups is 1. The molecule has 1 aliphatic carbocycles. The van der Waals surface area contributed by atoms with Gasteiger partial charge in [0.1, 0.15) is 0 Å². The van der Waals surface area contributed by atoms with Crippen molar-refractivity contribution in [3.63, 3.8) is 0 Å². The fourth-order valence-electron chi connectivity index (χ4n) is 2.62. The minimum Gasteiger partial charge on any atom is -0.414 e. The summed E-state index contributed by atoms with van der Waals surface area (Å²) >= 11 is 0. The van der Waals surface area contributed by atoms with Gasteiger partial charge in [-0.2, -0.15) is 0 Å². The van der Waals surface area contributed by atoms with Crippen LogP contribution >= 0.6 is 0 Å². The van der Waals surface area contributed by atoms with Crippen molar-refractivity contribution in [1.29, 1.82) is 0 Å². The van der Waals surface area contributed by atoms with E-state index in [1.807, 2.05) is 0 Å². The molecule has 2 rings (SSSR count). The summed E-state index contributed by atoms with van der Waals surface area (Å²) in [7, 11) is -1.68. The highest BCUT2D eigenvalue weighted by Gasteiger charge is 2.47. The standard InChI is InChI=1S/C13H26O3Si/c1-13(2,3)17(4,5)16-9-6-10-11(14)8-15-12(10)7-9/h9-12,14H,6-8H2,1-5H3/t9-,10-,11+,12-/m1/s1. The molecule has 4 atom stereocenters. The van der Waals surface area contributed by atoms with Gasteiger partial charge in [0.15, 0.2) is 8.32 Å². The fraction of sp³-hybridized carbons (Fsp3) is 1.00. The molecule has 100 valence electrons. The Labute approximate surface area is 106 Å². The van der Waals surface area contributed by atoms with Crippen LogP contribution in [0.1, 0.15) is 33.6 Å². The topological polar surface area (TPSA) is 38.7 Å². The first-order chi connectivity index (χ1) is 7.71. The Morgan fingerprint density at radius 2 is 1.88 bits per heavy atom. The van der Waals surface area contributed by atoms with Crippen LogP contribution in [-0.2, 0) is 9.16 Å². The predicted octanol–water partition coefficient (Wildman–Crippen LogP) is 2.55. The van der Waals surface area contributed by atoms with Crippen molar-refractivity contribution in [1.82, 2.24) is 0 Å². The van der Waals surface area contributed by atoms with Gasteiger partial charge in [0.25, 0.3) is 0 Å². The second-order valence-electron chi connectivity index (χ2n) is 7.07. The predicted molar refractivity (Wildman–Crippen MR) is 70.5 cm³/mol. The minimum atomic E-state index is -1.68. The van der Waals surface area contributed by atoms with Gasteiger partial charge in [0, 0.05) is 12.0 Å². The van der Waals surface area contributed by atoms with Crippen LogP contribution in [-0.4, -0.2) is 38.3 Å². The van der Waals surface area contributed by atoms with Gasteiger partial charge in [-0.15, -0.1) is 0 Å². The molecule has 1 aliphatic heterocycles. The van der Waals surface area contributed by atoms with Gasteiger partial charge in [-0.1, -0.05) is 20.8 Å². The summed E-state index contributed by atoms with van der Waals surface area (Å²) in [6, 6.07) is 0. The zero-order chi connectivity index (χ0) is 12.8. The van der Waals surface area contributed by atoms with E-state index >= 15 is 0 Å². The van der Waals surface area contributed by atoms with Gasteiger partial charge >= 0.3 is 0 Å². The second-order valence-corrected chi connectivity index (χ2v) is 11.8. The monoisotopic (exact) mass is 258 g/mol. The smallest absolute Gasteiger partial charge is 0.192 e. The Kier molecular flexibility index (Phi) is 3.45. The van der Waals surface area contributed by atoms with E-state index in [1.165, 1.54) is 0 Å². The van der Waals surface area contributed by atoms with E-state index in [9.17, 15) is 5.11 Å². The lowest BCUT2D eigenvalue weighted by Gasteiger charge is -2.38. The fourth-order valence-corrected chi connectivity index (χ4v) is 4.00. The molecule has 0 aromatic rings. The summed E-state index contributed by atoms with van der Waals surface area (Å²) in [6.07, 6.45) is 2.20. The van der Waals surface area contributed by atoms with E-state index in [1.54, 1.807) is 0 Å². The van der Waals surface area contributed by atoms with Gasteiger partial charge in [-0.05, 0) is 31.0 Å². The number of hydrogen-bond donors (Lipinski definition) is 1. The second kappa shape index (κ2) is 4.33. The Hall–Kier alpha value is 0.0969. The van der Waals surface area contributed by atoms with Crippen molar-refractivity contribution in [2.75, 3.05) is 6.61 Å². The Balaban J connectivity index is 1.95. The van der Waals surface area contributed by atoms with Crippen LogP contribution in [0.3, 0.4) is 0 Å². The lowest BCUT2D eigenvalue weighted by Crippen LogP contribution is -2.43. The van der Waals surface area contributed by atoms with Crippen LogP contribution < -0.4 is 0 Å². The summed E-state index contributed by atoms with van der Waals surface area (Å²) in [5.74, 6) is 0.310. The average Bonchev–Trinajstić information content (AvgIpc) is 2.66. The van der Waals surface area contributed by atoms with Gasteiger partial charge in [-0.3, -0.25) is 0 Å². The average molecular weight is 258 g/mol. The van der Waals surface area contributed by atoms with Crippen molar-refractivity contribution in [3.05, 3.63) is 0 Å². The van der Waals surface area contributed by atoms with Crippen LogP contribution in [0.5, 0.6) is 0 Å². The third-order valence-electron chi connectivity index (χ3n) is 4.75. The molecule has 0 radical (unpaired) electrons. The highest BCUT2D eigenvalue weighted by atomic mass is 28.4. The van der Waals surface area contributed by atoms with E-state index in [0.29, 0.717) is 18.6 Å². The maximum atomic E-state index is 9.81. The summed E-state index contributed by atoms with van der Waals surface area (Å²) in [4.78, 5) is 0. The normalized spacial score (nSPS) is 38.5. The highest BCUT2D eigenvalue weighted by Crippen LogP contribution is 2.43. The van der Waals surface area contributed by atoms with E-state index in [0.717, 1.165) is 12.8 Å². The lowest BCUT2D eigenvalue weighted by atomic mass is 10.0. The molecule has 0 bridgehead atoms. The molecule has 3 nitrogen and oxygen atoms in total. The van der Waals surface area contributed by atoms with Crippen LogP contribution in [0.15, 0.2) is 0 Å². The Morgan fingerprint density at radius 3 is 2.41 bits per heavy atom. The van der Waals surface area contributed by atoms with E-state index < -0.39 is 8.32 Å². The molecule has 0 aromatic heterocycles. The lowest BCUT2D eigenvalue weighted by molar-refractivity contribution is 0.0637. The first-order valence-corrected chi connectivity index (χ1v) is 9.59. The molecule has 4 heteroatoms. The Bertz CT molecular complexity index is 285. The highest BCUT2D eigenvalue weighted by molar-refractivity contribution is 6.74. The summed E-state index contributed by atoms with van der Waals surface area (Å²) < 4.78 is 12.0. The van der Waals surface area contributed by atoms with E-state index in [4.69, 9.17) is 9.16 Å². The molecular formula is C13H26O3Si. The molecule has 1 heterocycles. The van der Waals surface area contributed by atoms with Gasteiger partial charge in [0.05, 0.1) is 18.8 Å². The van der Waals surface area contributed by atoms with Crippen molar-refractivity contribution in [2.45, 2.75) is 70.1 Å². The van der Waals surface area contributed by atoms with Crippen LogP contribution in [0.25, 0.3) is 0 Å². The van der Waals surface area contributed by atoms with Crippen molar-refractivity contribution >= 4 is 8.32 Å². The maximum absolute atomic E-state index is 9.81. The summed E-state index contributed by atoms with van der Waals surface area (Å²) in [5.41, 5.74) is 0. The number of hydrogen-bond acceptors (Lipinski definition) is 3. The van der Waals surface area contributed by atoms with E-state index in [-0.39, 0.29) is 17.2 Å². The Morgan fingerprint density at radius 1 is 1.24 bits per heavy atom. The van der Waals surface area contributed by atoms with Crippen LogP contribution in [0.4, 0.5) is 0 Å². The zero-order valence-corrected chi connectivity index (χ0v) is 12.7. The molecule has 1 N–H and O–H groups in total. The molecule has 2 aliphatic rings. The number of ether oxygens (including phenoxy) is 1. The first-order valence-electron chi connectivity index (χ1n) is 6.68. The first kappa shape index (κ1) is 13.5. The minimum absolute atomic E-state index is 0.236. The number of fused-ring (bicyclic) bond motifs is 1. The van der Waals surface area contributed by atoms with Crippen molar-refractivity contribution < 1.29 is 14.3 Å². The molecule has 0 amide bonds. The molecule has 1 saturated carbocycles. The molecule has 1 saturated heterocycles. The van der Waals surface area contributed by atoms with Gasteiger partial charge in [-0.25, -0.2) is 0 Å². The molecular weight excluding hydrogens is 232 g/mol. The zero-order valence-electron chi connectivity index (χ0n) is 11.7. The molecule has 17 heavy (non-hydrogen) atoms. The van der Waals surface area contributed by atoms with Crippen LogP contribution in [0, 0.1) is 5.92 Å². The molecule has 2 fully saturated rings. The maximum Gasteiger partial charge on any atom is 0.192 e. The quantitative estimate of drug-likeness (QED) is 0.774. The third kappa shape index (κ3) is 2.60. The number of aliphatic hydroxyl groups excluding tert-OH is 1. The summed E-state index contributed by atoms with van der Waals surface area (Å²) in [5, 5.41) is 10.1. The van der Waals surface area contributed by atoms with Crippen molar-refractivity contribution in [2.24, 2.45) is 5.92 Å². The SMILES string of the molecule is CC(C)(C)[Si](C)(C)O[C@@H]1C[C@@H]2[C@@H](O)CO[C@@H]2C1. The van der Waals surface area contributed by atoms with E-state index in [2.05, 4.69) is 33.9 Å². The largest absolute Gasteiger partial charge is 0.414 e. The van der Waals surface area contributed by atoms with Crippen LogP contribution in [0.2, 0.25) is 18.1 Å².